The molecule has 4 rings (SSSR count). The highest BCUT2D eigenvalue weighted by Crippen LogP contribution is 2.28. The predicted molar refractivity (Wildman–Crippen MR) is 102 cm³/mol. The van der Waals surface area contributed by atoms with Gasteiger partial charge < -0.3 is 9.47 Å². The van der Waals surface area contributed by atoms with Crippen LogP contribution < -0.4 is 0 Å². The van der Waals surface area contributed by atoms with Crippen LogP contribution in [-0.2, 0) is 13.1 Å². The van der Waals surface area contributed by atoms with Crippen molar-refractivity contribution in [3.05, 3.63) is 46.2 Å². The summed E-state index contributed by atoms with van der Waals surface area (Å²) in [5.41, 5.74) is 2.33. The Hall–Kier alpha value is -2.55. The van der Waals surface area contributed by atoms with Gasteiger partial charge in [0.25, 0.3) is 5.91 Å². The predicted octanol–water partition coefficient (Wildman–Crippen LogP) is 2.33. The molecule has 0 bridgehead atoms. The van der Waals surface area contributed by atoms with Crippen LogP contribution in [0.4, 0.5) is 0 Å². The molecule has 1 aliphatic heterocycles. The van der Waals surface area contributed by atoms with E-state index >= 15 is 0 Å². The zero-order valence-electron chi connectivity index (χ0n) is 15.6. The molecule has 1 aliphatic rings. The number of likely N-dealkylation sites (tertiary alicyclic amines) is 1. The molecule has 4 heterocycles. The number of thiazole rings is 1. The summed E-state index contributed by atoms with van der Waals surface area (Å²) in [6.07, 6.45) is 5.49. The zero-order valence-corrected chi connectivity index (χ0v) is 16.4. The van der Waals surface area contributed by atoms with Crippen molar-refractivity contribution >= 4 is 17.2 Å². The smallest absolute Gasteiger partial charge is 0.273 e. The largest absolute Gasteiger partial charge is 0.337 e. The molecule has 9 heteroatoms. The molecule has 0 atom stereocenters. The van der Waals surface area contributed by atoms with Gasteiger partial charge in [-0.15, -0.1) is 21.5 Å². The summed E-state index contributed by atoms with van der Waals surface area (Å²) in [4.78, 5) is 19.8. The van der Waals surface area contributed by atoms with Gasteiger partial charge in [-0.2, -0.15) is 5.10 Å². The third kappa shape index (κ3) is 3.51. The molecule has 3 aromatic heterocycles. The third-order valence-electron chi connectivity index (χ3n) is 5.13. The lowest BCUT2D eigenvalue weighted by Gasteiger charge is -2.31. The third-order valence-corrected chi connectivity index (χ3v) is 5.89. The van der Waals surface area contributed by atoms with Crippen molar-refractivity contribution in [2.24, 2.45) is 0 Å². The molecule has 0 unspecified atom stereocenters. The minimum absolute atomic E-state index is 0.0449. The van der Waals surface area contributed by atoms with Gasteiger partial charge in [-0.1, -0.05) is 0 Å². The van der Waals surface area contributed by atoms with E-state index in [1.54, 1.807) is 11.7 Å². The van der Waals surface area contributed by atoms with Gasteiger partial charge in [0.05, 0.1) is 5.51 Å². The van der Waals surface area contributed by atoms with Crippen LogP contribution in [0.1, 0.15) is 52.7 Å². The highest BCUT2D eigenvalue weighted by molar-refractivity contribution is 7.09. The zero-order chi connectivity index (χ0) is 18.8. The molecule has 0 spiro atoms. The summed E-state index contributed by atoms with van der Waals surface area (Å²) >= 11 is 1.52. The molecule has 0 aromatic carbocycles. The summed E-state index contributed by atoms with van der Waals surface area (Å²) in [7, 11) is 0. The van der Waals surface area contributed by atoms with Crippen molar-refractivity contribution in [2.45, 2.75) is 45.7 Å². The van der Waals surface area contributed by atoms with E-state index in [0.29, 0.717) is 18.2 Å². The first-order valence-electron chi connectivity index (χ1n) is 9.26. The van der Waals surface area contributed by atoms with Crippen molar-refractivity contribution in [2.75, 3.05) is 13.1 Å². The van der Waals surface area contributed by atoms with Crippen LogP contribution >= 0.6 is 11.3 Å². The van der Waals surface area contributed by atoms with E-state index in [4.69, 9.17) is 0 Å². The van der Waals surface area contributed by atoms with E-state index in [1.807, 2.05) is 28.8 Å². The molecule has 142 valence electrons. The first-order chi connectivity index (χ1) is 13.2. The Morgan fingerprint density at radius 2 is 2.11 bits per heavy atom. The number of hydrogen-bond donors (Lipinski definition) is 0. The first kappa shape index (κ1) is 17.8. The fourth-order valence-electron chi connectivity index (χ4n) is 3.65. The normalized spacial score (nSPS) is 15.4. The molecule has 0 radical (unpaired) electrons. The number of hydrogen-bond acceptors (Lipinski definition) is 6. The lowest BCUT2D eigenvalue weighted by molar-refractivity contribution is 0.0704. The molecule has 3 aromatic rings. The molecule has 1 amide bonds. The van der Waals surface area contributed by atoms with Gasteiger partial charge in [0, 0.05) is 42.8 Å². The number of aromatic nitrogens is 6. The van der Waals surface area contributed by atoms with Crippen LogP contribution in [0.15, 0.2) is 24.0 Å². The minimum Gasteiger partial charge on any atom is -0.337 e. The molecule has 0 N–H and O–H groups in total. The van der Waals surface area contributed by atoms with E-state index in [9.17, 15) is 4.79 Å². The van der Waals surface area contributed by atoms with Crippen LogP contribution in [0, 0.1) is 6.92 Å². The van der Waals surface area contributed by atoms with Gasteiger partial charge in [-0.05, 0) is 32.8 Å². The van der Waals surface area contributed by atoms with Crippen LogP contribution in [0.5, 0.6) is 0 Å². The van der Waals surface area contributed by atoms with Gasteiger partial charge in [-0.3, -0.25) is 9.48 Å². The van der Waals surface area contributed by atoms with Crippen molar-refractivity contribution in [3.8, 4) is 0 Å². The SMILES string of the molecule is CCn1c(Cn2cccn2)nnc1C1CCN(C(=O)c2ncsc2C)CC1. The summed E-state index contributed by atoms with van der Waals surface area (Å²) in [6, 6.07) is 1.91. The van der Waals surface area contributed by atoms with Gasteiger partial charge in [0.15, 0.2) is 5.82 Å². The molecule has 8 nitrogen and oxygen atoms in total. The number of amides is 1. The van der Waals surface area contributed by atoms with Crippen molar-refractivity contribution < 1.29 is 4.79 Å². The van der Waals surface area contributed by atoms with Crippen molar-refractivity contribution in [3.63, 3.8) is 0 Å². The summed E-state index contributed by atoms with van der Waals surface area (Å²) in [5, 5.41) is 13.1. The van der Waals surface area contributed by atoms with Crippen LogP contribution in [0.3, 0.4) is 0 Å². The Labute approximate surface area is 161 Å². The topological polar surface area (TPSA) is 81.7 Å². The van der Waals surface area contributed by atoms with Crippen LogP contribution in [0.2, 0.25) is 0 Å². The lowest BCUT2D eigenvalue weighted by Crippen LogP contribution is -2.38. The standard InChI is InChI=1S/C18H23N7OS/c1-3-25-15(11-24-8-4-7-20-24)21-22-17(25)14-5-9-23(10-6-14)18(26)16-13(2)27-12-19-16/h4,7-8,12,14H,3,5-6,9-11H2,1-2H3. The Kier molecular flexibility index (Phi) is 5.02. The van der Waals surface area contributed by atoms with Gasteiger partial charge in [-0.25, -0.2) is 4.98 Å². The number of nitrogens with zero attached hydrogens (tertiary/aromatic N) is 7. The molecular formula is C18H23N7OS. The van der Waals surface area contributed by atoms with Gasteiger partial charge in [0.1, 0.15) is 18.1 Å². The summed E-state index contributed by atoms with van der Waals surface area (Å²) in [6.45, 7) is 6.97. The Bertz CT molecular complexity index is 906. The van der Waals surface area contributed by atoms with Gasteiger partial charge >= 0.3 is 0 Å². The van der Waals surface area contributed by atoms with E-state index in [2.05, 4.69) is 31.8 Å². The molecule has 0 saturated carbocycles. The van der Waals surface area contributed by atoms with E-state index in [0.717, 1.165) is 49.0 Å². The Balaban J connectivity index is 1.44. The van der Waals surface area contributed by atoms with E-state index in [-0.39, 0.29) is 5.91 Å². The van der Waals surface area contributed by atoms with E-state index < -0.39 is 0 Å². The monoisotopic (exact) mass is 385 g/mol. The molecule has 27 heavy (non-hydrogen) atoms. The lowest BCUT2D eigenvalue weighted by atomic mass is 9.95. The van der Waals surface area contributed by atoms with Crippen LogP contribution in [-0.4, -0.2) is 53.4 Å². The summed E-state index contributed by atoms with van der Waals surface area (Å²) < 4.78 is 4.05. The number of carbonyl (C=O) groups is 1. The average molecular weight is 385 g/mol. The maximum absolute atomic E-state index is 12.7. The second kappa shape index (κ2) is 7.59. The first-order valence-corrected chi connectivity index (χ1v) is 10.1. The second-order valence-electron chi connectivity index (χ2n) is 6.75. The average Bonchev–Trinajstić information content (AvgIpc) is 3.43. The highest BCUT2D eigenvalue weighted by atomic mass is 32.1. The van der Waals surface area contributed by atoms with E-state index in [1.165, 1.54) is 11.3 Å². The number of carbonyl (C=O) groups excluding carboxylic acids is 1. The maximum atomic E-state index is 12.7. The number of piperidine rings is 1. The quantitative estimate of drug-likeness (QED) is 0.673. The fourth-order valence-corrected chi connectivity index (χ4v) is 4.22. The molecule has 0 aliphatic carbocycles. The second-order valence-corrected chi connectivity index (χ2v) is 7.80. The maximum Gasteiger partial charge on any atom is 0.273 e. The fraction of sp³-hybridized carbons (Fsp3) is 0.500. The Morgan fingerprint density at radius 1 is 1.30 bits per heavy atom. The van der Waals surface area contributed by atoms with Crippen LogP contribution in [0.25, 0.3) is 0 Å². The number of aryl methyl sites for hydroxylation is 1. The minimum atomic E-state index is 0.0449. The highest BCUT2D eigenvalue weighted by Gasteiger charge is 2.29. The van der Waals surface area contributed by atoms with Crippen molar-refractivity contribution in [1.82, 2.24) is 34.4 Å². The van der Waals surface area contributed by atoms with Crippen molar-refractivity contribution in [1.29, 1.82) is 0 Å². The summed E-state index contributed by atoms with van der Waals surface area (Å²) in [5.74, 6) is 2.32. The molecule has 1 saturated heterocycles. The molecular weight excluding hydrogens is 362 g/mol. The molecule has 1 fully saturated rings. The Morgan fingerprint density at radius 3 is 2.74 bits per heavy atom. The van der Waals surface area contributed by atoms with Gasteiger partial charge in [0.2, 0.25) is 0 Å². The number of rotatable bonds is 5.